The van der Waals surface area contributed by atoms with Gasteiger partial charge in [0.2, 0.25) is 0 Å². The van der Waals surface area contributed by atoms with Crippen molar-refractivity contribution in [2.24, 2.45) is 11.8 Å². The van der Waals surface area contributed by atoms with Gasteiger partial charge in [-0.15, -0.1) is 0 Å². The van der Waals surface area contributed by atoms with Crippen LogP contribution in [0.2, 0.25) is 0 Å². The highest BCUT2D eigenvalue weighted by Gasteiger charge is 2.52. The molecular weight excluding hydrogens is 196 g/mol. The van der Waals surface area contributed by atoms with Gasteiger partial charge in [-0.3, -0.25) is 19.8 Å². The molecule has 3 aliphatic rings. The number of hydrogen-bond acceptors (Lipinski definition) is 3. The molecule has 1 saturated heterocycles. The second-order valence-electron chi connectivity index (χ2n) is 4.60. The van der Waals surface area contributed by atoms with E-state index >= 15 is 0 Å². The number of rotatable bonds is 3. The molecule has 5 nitrogen and oxygen atoms in total. The van der Waals surface area contributed by atoms with Gasteiger partial charge in [-0.25, -0.2) is 4.79 Å². The molecule has 15 heavy (non-hydrogen) atoms. The summed E-state index contributed by atoms with van der Waals surface area (Å²) >= 11 is 0. The Morgan fingerprint density at radius 3 is 1.93 bits per heavy atom. The lowest BCUT2D eigenvalue weighted by Crippen LogP contribution is -2.43. The van der Waals surface area contributed by atoms with Crippen LogP contribution >= 0.6 is 0 Å². The Bertz CT molecular complexity index is 346. The summed E-state index contributed by atoms with van der Waals surface area (Å²) in [4.78, 5) is 35.2. The monoisotopic (exact) mass is 208 g/mol. The molecule has 1 aliphatic heterocycles. The fourth-order valence-electron chi connectivity index (χ4n) is 2.37. The number of nitrogens with zero attached hydrogens (tertiary/aromatic N) is 1. The molecule has 0 unspecified atom stereocenters. The van der Waals surface area contributed by atoms with E-state index < -0.39 is 17.8 Å². The Hall–Kier alpha value is -1.39. The summed E-state index contributed by atoms with van der Waals surface area (Å²) in [6.07, 6.45) is 4.30. The highest BCUT2D eigenvalue weighted by Crippen LogP contribution is 2.47. The standard InChI is InChI=1S/C10H12N2O3/c13-8-9(14)12(10(15)11-8)7(5-1-2-5)6-3-4-6/h5-7H,1-4H2,(H,11,13,15). The number of carbonyl (C=O) groups is 3. The number of amides is 4. The van der Waals surface area contributed by atoms with Crippen LogP contribution in [0.1, 0.15) is 25.7 Å². The average Bonchev–Trinajstić information content (AvgIpc) is 3.03. The van der Waals surface area contributed by atoms with E-state index in [1.807, 2.05) is 0 Å². The van der Waals surface area contributed by atoms with Crippen LogP contribution in [0.4, 0.5) is 4.79 Å². The third-order valence-electron chi connectivity index (χ3n) is 3.36. The minimum absolute atomic E-state index is 0.0102. The minimum Gasteiger partial charge on any atom is -0.269 e. The third kappa shape index (κ3) is 1.33. The zero-order chi connectivity index (χ0) is 10.6. The predicted octanol–water partition coefficient (Wildman–Crippen LogP) is 0.253. The quantitative estimate of drug-likeness (QED) is 0.534. The van der Waals surface area contributed by atoms with Crippen molar-refractivity contribution >= 4 is 17.8 Å². The summed E-state index contributed by atoms with van der Waals surface area (Å²) < 4.78 is 0. The first-order valence-corrected chi connectivity index (χ1v) is 5.37. The molecule has 2 saturated carbocycles. The van der Waals surface area contributed by atoms with E-state index in [1.54, 1.807) is 0 Å². The van der Waals surface area contributed by atoms with E-state index in [4.69, 9.17) is 0 Å². The van der Waals surface area contributed by atoms with Gasteiger partial charge in [0.05, 0.1) is 0 Å². The van der Waals surface area contributed by atoms with Crippen molar-refractivity contribution in [1.82, 2.24) is 10.2 Å². The maximum absolute atomic E-state index is 11.5. The van der Waals surface area contributed by atoms with Crippen molar-refractivity contribution in [3.8, 4) is 0 Å². The maximum Gasteiger partial charge on any atom is 0.331 e. The van der Waals surface area contributed by atoms with Crippen LogP contribution in [0, 0.1) is 11.8 Å². The molecule has 4 amide bonds. The van der Waals surface area contributed by atoms with E-state index in [0.29, 0.717) is 11.8 Å². The number of urea groups is 1. The second kappa shape index (κ2) is 2.81. The van der Waals surface area contributed by atoms with Crippen molar-refractivity contribution in [2.75, 3.05) is 0 Å². The first-order valence-electron chi connectivity index (χ1n) is 5.37. The molecule has 3 fully saturated rings. The van der Waals surface area contributed by atoms with Crippen molar-refractivity contribution < 1.29 is 14.4 Å². The van der Waals surface area contributed by atoms with E-state index in [2.05, 4.69) is 5.32 Å². The molecule has 1 heterocycles. The van der Waals surface area contributed by atoms with Gasteiger partial charge in [0.25, 0.3) is 0 Å². The van der Waals surface area contributed by atoms with E-state index in [-0.39, 0.29) is 6.04 Å². The normalized spacial score (nSPS) is 26.5. The van der Waals surface area contributed by atoms with E-state index in [1.165, 1.54) is 0 Å². The highest BCUT2D eigenvalue weighted by atomic mass is 16.2. The Balaban J connectivity index is 1.86. The van der Waals surface area contributed by atoms with Gasteiger partial charge in [0.1, 0.15) is 0 Å². The van der Waals surface area contributed by atoms with Crippen LogP contribution in [-0.4, -0.2) is 28.8 Å². The molecular formula is C10H12N2O3. The maximum atomic E-state index is 11.5. The molecule has 0 atom stereocenters. The van der Waals surface area contributed by atoms with Gasteiger partial charge in [-0.05, 0) is 37.5 Å². The van der Waals surface area contributed by atoms with Crippen LogP contribution in [0.3, 0.4) is 0 Å². The van der Waals surface area contributed by atoms with Crippen LogP contribution < -0.4 is 5.32 Å². The van der Waals surface area contributed by atoms with Crippen molar-refractivity contribution in [1.29, 1.82) is 0 Å². The van der Waals surface area contributed by atoms with Gasteiger partial charge < -0.3 is 0 Å². The lowest BCUT2D eigenvalue weighted by molar-refractivity contribution is -0.141. The topological polar surface area (TPSA) is 66.5 Å². The van der Waals surface area contributed by atoms with Gasteiger partial charge in [-0.2, -0.15) is 0 Å². The SMILES string of the molecule is O=C1NC(=O)N(C(C2CC2)C2CC2)C1=O. The number of imide groups is 2. The van der Waals surface area contributed by atoms with Crippen LogP contribution in [0.5, 0.6) is 0 Å². The van der Waals surface area contributed by atoms with Crippen LogP contribution in [0.25, 0.3) is 0 Å². The molecule has 0 aromatic carbocycles. The lowest BCUT2D eigenvalue weighted by atomic mass is 10.1. The summed E-state index contributed by atoms with van der Waals surface area (Å²) in [6, 6.07) is -0.530. The molecule has 3 rings (SSSR count). The molecule has 0 bridgehead atoms. The van der Waals surface area contributed by atoms with E-state index in [9.17, 15) is 14.4 Å². The van der Waals surface area contributed by atoms with Gasteiger partial charge >= 0.3 is 17.8 Å². The third-order valence-corrected chi connectivity index (χ3v) is 3.36. The number of carbonyl (C=O) groups excluding carboxylic acids is 3. The summed E-state index contributed by atoms with van der Waals surface area (Å²) in [5.41, 5.74) is 0. The van der Waals surface area contributed by atoms with Gasteiger partial charge in [0.15, 0.2) is 0 Å². The van der Waals surface area contributed by atoms with Gasteiger partial charge in [0, 0.05) is 6.04 Å². The fraction of sp³-hybridized carbons (Fsp3) is 0.700. The number of nitrogens with one attached hydrogen (secondary N) is 1. The van der Waals surface area contributed by atoms with Crippen LogP contribution in [-0.2, 0) is 9.59 Å². The van der Waals surface area contributed by atoms with Crippen molar-refractivity contribution in [3.63, 3.8) is 0 Å². The van der Waals surface area contributed by atoms with Crippen molar-refractivity contribution in [3.05, 3.63) is 0 Å². The predicted molar refractivity (Wildman–Crippen MR) is 49.6 cm³/mol. The Morgan fingerprint density at radius 1 is 1.07 bits per heavy atom. The fourth-order valence-corrected chi connectivity index (χ4v) is 2.37. The summed E-state index contributed by atoms with van der Waals surface area (Å²) in [5, 5.41) is 2.06. The first-order chi connectivity index (χ1) is 7.18. The summed E-state index contributed by atoms with van der Waals surface area (Å²) in [5.74, 6) is -0.550. The first kappa shape index (κ1) is 8.88. The molecule has 0 aromatic heterocycles. The zero-order valence-corrected chi connectivity index (χ0v) is 8.23. The molecule has 0 aromatic rings. The zero-order valence-electron chi connectivity index (χ0n) is 8.23. The van der Waals surface area contributed by atoms with E-state index in [0.717, 1.165) is 30.6 Å². The Labute approximate surface area is 86.8 Å². The van der Waals surface area contributed by atoms with Crippen molar-refractivity contribution in [2.45, 2.75) is 31.7 Å². The van der Waals surface area contributed by atoms with Crippen LogP contribution in [0.15, 0.2) is 0 Å². The molecule has 1 N–H and O–H groups in total. The minimum atomic E-state index is -0.772. The molecule has 0 radical (unpaired) electrons. The Morgan fingerprint density at radius 2 is 1.60 bits per heavy atom. The number of hydrogen-bond donors (Lipinski definition) is 1. The molecule has 0 spiro atoms. The molecule has 2 aliphatic carbocycles. The molecule has 5 heteroatoms. The average molecular weight is 208 g/mol. The second-order valence-corrected chi connectivity index (χ2v) is 4.60. The van der Waals surface area contributed by atoms with Gasteiger partial charge in [-0.1, -0.05) is 0 Å². The Kier molecular flexibility index (Phi) is 1.66. The summed E-state index contributed by atoms with van der Waals surface area (Å²) in [6.45, 7) is 0. The molecule has 80 valence electrons. The lowest BCUT2D eigenvalue weighted by Gasteiger charge is -2.23. The summed E-state index contributed by atoms with van der Waals surface area (Å²) in [7, 11) is 0. The smallest absolute Gasteiger partial charge is 0.269 e. The highest BCUT2D eigenvalue weighted by molar-refractivity contribution is 6.44. The largest absolute Gasteiger partial charge is 0.331 e.